The second kappa shape index (κ2) is 10.1. The summed E-state index contributed by atoms with van der Waals surface area (Å²) in [6, 6.07) is 17.7. The Bertz CT molecular complexity index is 1080. The second-order valence-electron chi connectivity index (χ2n) is 7.00. The minimum atomic E-state index is -4.79. The van der Waals surface area contributed by atoms with Crippen LogP contribution in [0.2, 0.25) is 0 Å². The summed E-state index contributed by atoms with van der Waals surface area (Å²) >= 11 is 0. The molecule has 0 radical (unpaired) electrons. The average Bonchev–Trinajstić information content (AvgIpc) is 2.76. The van der Waals surface area contributed by atoms with E-state index in [9.17, 15) is 27.9 Å². The smallest absolute Gasteiger partial charge is 0.406 e. The van der Waals surface area contributed by atoms with Crippen LogP contribution in [0, 0.1) is 0 Å². The van der Waals surface area contributed by atoms with Crippen LogP contribution in [0.1, 0.15) is 28.4 Å². The van der Waals surface area contributed by atoms with Gasteiger partial charge in [-0.1, -0.05) is 42.5 Å². The van der Waals surface area contributed by atoms with Gasteiger partial charge < -0.3 is 20.5 Å². The number of hydrogen-bond donors (Lipinski definition) is 3. The van der Waals surface area contributed by atoms with Crippen molar-refractivity contribution in [2.75, 3.05) is 13.1 Å². The molecule has 3 aromatic carbocycles. The maximum atomic E-state index is 12.3. The Labute approximate surface area is 182 Å². The summed E-state index contributed by atoms with van der Waals surface area (Å²) in [6.07, 6.45) is -5.89. The van der Waals surface area contributed by atoms with Crippen molar-refractivity contribution in [2.24, 2.45) is 0 Å². The third-order valence-corrected chi connectivity index (χ3v) is 4.64. The Morgan fingerprint density at radius 1 is 0.938 bits per heavy atom. The predicted molar refractivity (Wildman–Crippen MR) is 112 cm³/mol. The molecule has 0 heterocycles. The van der Waals surface area contributed by atoms with E-state index >= 15 is 0 Å². The fourth-order valence-electron chi connectivity index (χ4n) is 3.03. The van der Waals surface area contributed by atoms with E-state index in [1.54, 1.807) is 12.1 Å². The largest absolute Gasteiger partial charge is 0.573 e. The van der Waals surface area contributed by atoms with E-state index in [1.807, 2.05) is 30.3 Å². The van der Waals surface area contributed by atoms with Crippen LogP contribution in [0.15, 0.2) is 66.7 Å². The summed E-state index contributed by atoms with van der Waals surface area (Å²) in [5.74, 6) is -1.09. The highest BCUT2D eigenvalue weighted by Crippen LogP contribution is 2.24. The van der Waals surface area contributed by atoms with Gasteiger partial charge in [0, 0.05) is 25.1 Å². The molecule has 0 fully saturated rings. The number of carbonyl (C=O) groups excluding carboxylic acids is 2. The Balaban J connectivity index is 1.41. The number of halogens is 3. The first kappa shape index (κ1) is 23.1. The van der Waals surface area contributed by atoms with Crippen molar-refractivity contribution in [3.05, 3.63) is 77.9 Å². The molecule has 6 nitrogen and oxygen atoms in total. The fraction of sp³-hybridized carbons (Fsp3) is 0.217. The van der Waals surface area contributed by atoms with Gasteiger partial charge in [-0.3, -0.25) is 9.59 Å². The van der Waals surface area contributed by atoms with Crippen molar-refractivity contribution in [1.82, 2.24) is 10.6 Å². The number of amides is 2. The van der Waals surface area contributed by atoms with E-state index in [2.05, 4.69) is 15.4 Å². The van der Waals surface area contributed by atoms with E-state index in [4.69, 9.17) is 0 Å². The number of nitrogens with one attached hydrogen (secondary N) is 2. The molecule has 2 amide bonds. The lowest BCUT2D eigenvalue weighted by molar-refractivity contribution is -0.274. The first-order chi connectivity index (χ1) is 15.2. The van der Waals surface area contributed by atoms with Crippen LogP contribution in [-0.2, 0) is 4.79 Å². The van der Waals surface area contributed by atoms with Gasteiger partial charge in [0.15, 0.2) is 0 Å². The van der Waals surface area contributed by atoms with Gasteiger partial charge in [0.05, 0.1) is 6.10 Å². The summed E-state index contributed by atoms with van der Waals surface area (Å²) in [5.41, 5.74) is 0.807. The van der Waals surface area contributed by atoms with Gasteiger partial charge in [0.25, 0.3) is 5.91 Å². The normalized spacial score (nSPS) is 12.2. The van der Waals surface area contributed by atoms with Gasteiger partial charge in [-0.15, -0.1) is 13.2 Å². The lowest BCUT2D eigenvalue weighted by Crippen LogP contribution is -2.32. The average molecular weight is 446 g/mol. The molecule has 3 rings (SSSR count). The van der Waals surface area contributed by atoms with Crippen molar-refractivity contribution < 1.29 is 32.6 Å². The standard InChI is InChI=1S/C23H21F3N2O4/c24-23(25,26)32-19-9-7-16(8-10-19)20(29)14-28-21(30)11-12-27-22(31)18-6-5-15-3-1-2-4-17(15)13-18/h1-10,13,20,29H,11-12,14H2,(H,27,31)(H,28,30). The number of hydrogen-bond acceptors (Lipinski definition) is 4. The summed E-state index contributed by atoms with van der Waals surface area (Å²) < 4.78 is 40.3. The van der Waals surface area contributed by atoms with E-state index in [0.717, 1.165) is 22.9 Å². The molecule has 0 saturated carbocycles. The van der Waals surface area contributed by atoms with Crippen molar-refractivity contribution in [1.29, 1.82) is 0 Å². The van der Waals surface area contributed by atoms with E-state index in [1.165, 1.54) is 12.1 Å². The van der Waals surface area contributed by atoms with Crippen LogP contribution in [0.3, 0.4) is 0 Å². The first-order valence-corrected chi connectivity index (χ1v) is 9.79. The van der Waals surface area contributed by atoms with Crippen molar-refractivity contribution >= 4 is 22.6 Å². The van der Waals surface area contributed by atoms with Gasteiger partial charge in [-0.25, -0.2) is 0 Å². The van der Waals surface area contributed by atoms with Gasteiger partial charge in [-0.05, 0) is 40.6 Å². The highest BCUT2D eigenvalue weighted by Gasteiger charge is 2.31. The number of aliphatic hydroxyl groups is 1. The molecule has 1 atom stereocenters. The zero-order chi connectivity index (χ0) is 23.1. The minimum absolute atomic E-state index is 0.00437. The van der Waals surface area contributed by atoms with E-state index < -0.39 is 18.2 Å². The van der Waals surface area contributed by atoms with Crippen LogP contribution in [0.25, 0.3) is 10.8 Å². The zero-order valence-corrected chi connectivity index (χ0v) is 16.9. The number of rotatable bonds is 8. The quantitative estimate of drug-likeness (QED) is 0.492. The molecule has 168 valence electrons. The minimum Gasteiger partial charge on any atom is -0.406 e. The van der Waals surface area contributed by atoms with Crippen molar-refractivity contribution in [2.45, 2.75) is 18.9 Å². The Kier molecular flexibility index (Phi) is 7.32. The molecule has 0 aliphatic carbocycles. The van der Waals surface area contributed by atoms with Crippen LogP contribution in [-0.4, -0.2) is 36.4 Å². The fourth-order valence-corrected chi connectivity index (χ4v) is 3.03. The molecule has 0 spiro atoms. The summed E-state index contributed by atoms with van der Waals surface area (Å²) in [6.45, 7) is -0.0198. The molecule has 3 N–H and O–H groups in total. The van der Waals surface area contributed by atoms with Crippen LogP contribution in [0.4, 0.5) is 13.2 Å². The summed E-state index contributed by atoms with van der Waals surface area (Å²) in [5, 5.41) is 17.2. The van der Waals surface area contributed by atoms with Crippen LogP contribution in [0.5, 0.6) is 5.75 Å². The monoisotopic (exact) mass is 446 g/mol. The Morgan fingerprint density at radius 3 is 2.31 bits per heavy atom. The third kappa shape index (κ3) is 6.71. The first-order valence-electron chi connectivity index (χ1n) is 9.79. The molecule has 9 heteroatoms. The number of alkyl halides is 3. The van der Waals surface area contributed by atoms with Crippen molar-refractivity contribution in [3.63, 3.8) is 0 Å². The Hall–Kier alpha value is -3.59. The number of ether oxygens (including phenoxy) is 1. The number of aliphatic hydroxyl groups excluding tert-OH is 1. The summed E-state index contributed by atoms with van der Waals surface area (Å²) in [7, 11) is 0. The van der Waals surface area contributed by atoms with Crippen LogP contribution >= 0.6 is 0 Å². The molecule has 0 bridgehead atoms. The number of carbonyl (C=O) groups is 2. The molecule has 1 unspecified atom stereocenters. The van der Waals surface area contributed by atoms with Gasteiger partial charge in [-0.2, -0.15) is 0 Å². The lowest BCUT2D eigenvalue weighted by Gasteiger charge is -2.14. The maximum Gasteiger partial charge on any atom is 0.573 e. The molecule has 0 saturated heterocycles. The van der Waals surface area contributed by atoms with E-state index in [0.29, 0.717) is 11.1 Å². The lowest BCUT2D eigenvalue weighted by atomic mass is 10.1. The van der Waals surface area contributed by atoms with Crippen molar-refractivity contribution in [3.8, 4) is 5.75 Å². The van der Waals surface area contributed by atoms with Gasteiger partial charge in [0.2, 0.25) is 5.91 Å². The number of fused-ring (bicyclic) bond motifs is 1. The molecule has 3 aromatic rings. The SMILES string of the molecule is O=C(CCNC(=O)c1ccc2ccccc2c1)NCC(O)c1ccc(OC(F)(F)F)cc1. The Morgan fingerprint density at radius 2 is 1.62 bits per heavy atom. The highest BCUT2D eigenvalue weighted by atomic mass is 19.4. The molecule has 0 aliphatic rings. The third-order valence-electron chi connectivity index (χ3n) is 4.64. The van der Waals surface area contributed by atoms with Crippen LogP contribution < -0.4 is 15.4 Å². The van der Waals surface area contributed by atoms with E-state index in [-0.39, 0.29) is 31.3 Å². The second-order valence-corrected chi connectivity index (χ2v) is 7.00. The predicted octanol–water partition coefficient (Wildman–Crippen LogP) is 3.71. The van der Waals surface area contributed by atoms with Gasteiger partial charge >= 0.3 is 6.36 Å². The molecular weight excluding hydrogens is 425 g/mol. The summed E-state index contributed by atoms with van der Waals surface area (Å²) in [4.78, 5) is 24.2. The molecule has 0 aliphatic heterocycles. The van der Waals surface area contributed by atoms with Gasteiger partial charge in [0.1, 0.15) is 5.75 Å². The molecule has 32 heavy (non-hydrogen) atoms. The maximum absolute atomic E-state index is 12.3. The highest BCUT2D eigenvalue weighted by molar-refractivity contribution is 5.98. The molecular formula is C23H21F3N2O4. The molecule has 0 aromatic heterocycles. The zero-order valence-electron chi connectivity index (χ0n) is 16.9. The topological polar surface area (TPSA) is 87.7 Å². The number of benzene rings is 3.